The minimum absolute atomic E-state index is 0.0213. The molecule has 14 nitrogen and oxygen atoms in total. The van der Waals surface area contributed by atoms with Gasteiger partial charge in [-0.3, -0.25) is 19.2 Å². The van der Waals surface area contributed by atoms with Crippen LogP contribution in [0.25, 0.3) is 0 Å². The van der Waals surface area contributed by atoms with E-state index in [0.717, 1.165) is 4.90 Å². The van der Waals surface area contributed by atoms with Crippen LogP contribution in [0.5, 0.6) is 0 Å². The average molecular weight is 918 g/mol. The third kappa shape index (κ3) is 14.3. The van der Waals surface area contributed by atoms with Crippen LogP contribution in [0.15, 0.2) is 47.6 Å². The minimum Gasteiger partial charge on any atom is -0.460 e. The Morgan fingerprint density at radius 2 is 1.63 bits per heavy atom. The molecule has 4 rings (SSSR count). The smallest absolute Gasteiger partial charge is 0.329 e. The molecule has 0 spiro atoms. The van der Waals surface area contributed by atoms with Gasteiger partial charge in [-0.25, -0.2) is 4.79 Å². The lowest BCUT2D eigenvalue weighted by Crippen LogP contribution is -2.61. The molecular weight excluding hydrogens is 836 g/mol. The minimum atomic E-state index is -2.80. The van der Waals surface area contributed by atoms with Crippen molar-refractivity contribution in [2.24, 2.45) is 35.5 Å². The van der Waals surface area contributed by atoms with E-state index in [-0.39, 0.29) is 67.7 Å². The van der Waals surface area contributed by atoms with Gasteiger partial charge in [0.1, 0.15) is 30.1 Å². The highest BCUT2D eigenvalue weighted by Gasteiger charge is 2.53. The molecular formula is C51H79NO13. The second kappa shape index (κ2) is 25.1. The van der Waals surface area contributed by atoms with E-state index in [1.54, 1.807) is 72.1 Å². The maximum Gasteiger partial charge on any atom is 0.329 e. The van der Waals surface area contributed by atoms with Crippen LogP contribution < -0.4 is 0 Å². The van der Waals surface area contributed by atoms with Gasteiger partial charge in [-0.05, 0) is 107 Å². The number of ether oxygens (including phenoxy) is 5. The Morgan fingerprint density at radius 3 is 2.32 bits per heavy atom. The summed E-state index contributed by atoms with van der Waals surface area (Å²) >= 11 is 0. The summed E-state index contributed by atoms with van der Waals surface area (Å²) in [6.07, 6.45) is 8.32. The zero-order valence-corrected chi connectivity index (χ0v) is 40.1. The van der Waals surface area contributed by atoms with Crippen molar-refractivity contribution in [2.45, 2.75) is 180 Å². The van der Waals surface area contributed by atoms with Crippen LogP contribution in [0.2, 0.25) is 0 Å². The summed E-state index contributed by atoms with van der Waals surface area (Å²) in [5.41, 5.74) is 0.882. The van der Waals surface area contributed by atoms with Crippen molar-refractivity contribution in [1.82, 2.24) is 4.90 Å². The number of carbonyl (C=O) groups excluding carboxylic acids is 5. The molecule has 15 atom stereocenters. The summed E-state index contributed by atoms with van der Waals surface area (Å²) in [5.74, 6) is -8.82. The van der Waals surface area contributed by atoms with Crippen LogP contribution in [-0.4, -0.2) is 132 Å². The van der Waals surface area contributed by atoms with Gasteiger partial charge >= 0.3 is 5.97 Å². The van der Waals surface area contributed by atoms with E-state index in [2.05, 4.69) is 0 Å². The topological polar surface area (TPSA) is 195 Å². The standard InChI is InChI=1S/C51H79NO13/c1-30-16-12-11-13-17-31(2)42(61-8)28-38-21-19-36(7)51(60,65-38)48(57)49(58)52-23-15-14-18-39(52)50(59)64-43(33(4)26-37-20-22-40(53)44(27-37)62-9)29-41(54)32(3)25-35(6)46(56)47(63-10)45(55)34(5)24-30/h11-13,16-17,25,30,32-34,36-40,42-44,46-47,53,56,60H,14-15,18-24,26-29H2,1-10H3/b13-11+,16-12+,31-17+,35-25+/t30-,32-,33-,34-,36-,37?,38+,39+,40-,42+,43+,44-,46-,47+,51-/m1/s1/i8+1D3. The average Bonchev–Trinajstić information content (AvgIpc) is 3.28. The number of nitrogens with zero attached hydrogens (tertiary/aromatic N) is 1. The van der Waals surface area contributed by atoms with E-state index in [4.69, 9.17) is 27.8 Å². The van der Waals surface area contributed by atoms with Crippen molar-refractivity contribution < 1.29 is 67.1 Å². The number of Topliss-reactive ketones (excluding diaryl/α,β-unsaturated/α-hetero) is 3. The fourth-order valence-corrected chi connectivity index (χ4v) is 9.98. The molecule has 0 aromatic rings. The Labute approximate surface area is 391 Å². The lowest BCUT2D eigenvalue weighted by Gasteiger charge is -2.42. The van der Waals surface area contributed by atoms with Crippen molar-refractivity contribution >= 4 is 29.2 Å². The molecule has 3 N–H and O–H groups in total. The molecule has 1 aliphatic carbocycles. The number of fused-ring (bicyclic) bond motifs is 3. The SMILES string of the molecule is [2H][13C]([2H])([2H])O[C@H]1C[C@@H]2CC[C@@H](C)[C@@](O)(O2)C(=O)C(=O)N2CCCC[C@H]2C(=O)O[C@H]([C@H](C)CC2CC[C@@H](O)[C@H](OC)C2)CC(=O)[C@H](C)/C=C(\C)[C@@H](O)[C@@H](OC)C(=O)[C@H](C)C[C@H](C)/C=C/C=C/C=C/1C. The number of cyclic esters (lactones) is 1. The second-order valence-corrected chi connectivity index (χ2v) is 19.5. The van der Waals surface area contributed by atoms with Crippen LogP contribution >= 0.6 is 0 Å². The van der Waals surface area contributed by atoms with Crippen LogP contribution in [0.3, 0.4) is 0 Å². The number of piperidine rings is 1. The van der Waals surface area contributed by atoms with E-state index in [1.807, 2.05) is 19.9 Å². The van der Waals surface area contributed by atoms with Crippen LogP contribution in [0, 0.1) is 35.5 Å². The molecule has 2 bridgehead atoms. The zero-order valence-electron chi connectivity index (χ0n) is 43.1. The summed E-state index contributed by atoms with van der Waals surface area (Å²) in [7, 11) is 0.102. The van der Waals surface area contributed by atoms with Gasteiger partial charge in [-0.1, -0.05) is 71.1 Å². The molecule has 0 aromatic carbocycles. The fraction of sp³-hybridized carbons (Fsp3) is 0.745. The number of rotatable bonds is 6. The normalized spacial score (nSPS) is 41.3. The number of allylic oxidation sites excluding steroid dienone is 6. The van der Waals surface area contributed by atoms with E-state index in [9.17, 15) is 39.3 Å². The molecule has 3 heterocycles. The predicted octanol–water partition coefficient (Wildman–Crippen LogP) is 6.18. The Bertz CT molecular complexity index is 1870. The zero-order chi connectivity index (χ0) is 50.7. The summed E-state index contributed by atoms with van der Waals surface area (Å²) in [6, 6.07) is -1.21. The number of ketones is 3. The molecule has 65 heavy (non-hydrogen) atoms. The molecule has 366 valence electrons. The lowest BCUT2D eigenvalue weighted by atomic mass is 9.78. The van der Waals surface area contributed by atoms with Crippen molar-refractivity contribution in [1.29, 1.82) is 0 Å². The first-order valence-electron chi connectivity index (χ1n) is 25.2. The molecule has 14 heteroatoms. The number of hydrogen-bond donors (Lipinski definition) is 3. The van der Waals surface area contributed by atoms with E-state index in [1.165, 1.54) is 7.11 Å². The number of esters is 1. The van der Waals surface area contributed by atoms with Crippen LogP contribution in [-0.2, 0) is 47.7 Å². The fourth-order valence-electron chi connectivity index (χ4n) is 9.98. The van der Waals surface area contributed by atoms with Gasteiger partial charge < -0.3 is 43.9 Å². The van der Waals surface area contributed by atoms with E-state index >= 15 is 0 Å². The molecule has 0 aromatic heterocycles. The number of carbonyl (C=O) groups is 5. The van der Waals surface area contributed by atoms with E-state index < -0.39 is 90.9 Å². The summed E-state index contributed by atoms with van der Waals surface area (Å²) in [5, 5.41) is 33.9. The monoisotopic (exact) mass is 918 g/mol. The highest BCUT2D eigenvalue weighted by molar-refractivity contribution is 6.39. The molecule has 3 aliphatic heterocycles. The Kier molecular flexibility index (Phi) is 19.1. The van der Waals surface area contributed by atoms with Crippen LogP contribution in [0.4, 0.5) is 0 Å². The number of amides is 1. The summed E-state index contributed by atoms with van der Waals surface area (Å²) < 4.78 is 52.5. The van der Waals surface area contributed by atoms with Crippen LogP contribution in [0.1, 0.15) is 130 Å². The number of methoxy groups -OCH3 is 3. The largest absolute Gasteiger partial charge is 0.460 e. The maximum absolute atomic E-state index is 14.4. The molecule has 1 amide bonds. The first-order valence-corrected chi connectivity index (χ1v) is 23.7. The van der Waals surface area contributed by atoms with Crippen molar-refractivity contribution in [3.63, 3.8) is 0 Å². The lowest BCUT2D eigenvalue weighted by molar-refractivity contribution is -0.265. The highest BCUT2D eigenvalue weighted by Crippen LogP contribution is 2.38. The first-order chi connectivity index (χ1) is 31.9. The first kappa shape index (κ1) is 49.5. The van der Waals surface area contributed by atoms with Gasteiger partial charge in [0.2, 0.25) is 5.79 Å². The molecule has 3 fully saturated rings. The number of aliphatic hydroxyl groups excluding tert-OH is 2. The maximum atomic E-state index is 14.4. The third-order valence-electron chi connectivity index (χ3n) is 14.3. The molecule has 1 unspecified atom stereocenters. The predicted molar refractivity (Wildman–Crippen MR) is 245 cm³/mol. The van der Waals surface area contributed by atoms with Crippen molar-refractivity contribution in [3.8, 4) is 0 Å². The number of aliphatic hydroxyl groups is 3. The Morgan fingerprint density at radius 1 is 0.892 bits per heavy atom. The quantitative estimate of drug-likeness (QED) is 0.118. The molecule has 1 saturated carbocycles. The second-order valence-electron chi connectivity index (χ2n) is 19.5. The van der Waals surface area contributed by atoms with Gasteiger partial charge in [0.05, 0.1) is 28.5 Å². The van der Waals surface area contributed by atoms with E-state index in [0.29, 0.717) is 62.5 Å². The van der Waals surface area contributed by atoms with Gasteiger partial charge in [-0.15, -0.1) is 0 Å². The van der Waals surface area contributed by atoms with Crippen molar-refractivity contribution in [2.75, 3.05) is 27.8 Å². The highest BCUT2D eigenvalue weighted by atomic mass is 16.6. The van der Waals surface area contributed by atoms with Gasteiger partial charge in [0, 0.05) is 58.4 Å². The van der Waals surface area contributed by atoms with Crippen molar-refractivity contribution in [3.05, 3.63) is 47.6 Å². The summed E-state index contributed by atoms with van der Waals surface area (Å²) in [6.45, 7) is 12.2. The van der Waals surface area contributed by atoms with Gasteiger partial charge in [0.25, 0.3) is 11.7 Å². The molecule has 4 aliphatic rings. The van der Waals surface area contributed by atoms with Gasteiger partial charge in [-0.2, -0.15) is 0 Å². The number of hydrogen-bond acceptors (Lipinski definition) is 13. The summed E-state index contributed by atoms with van der Waals surface area (Å²) in [4.78, 5) is 71.9. The Balaban J connectivity index is 1.73. The van der Waals surface area contributed by atoms with Gasteiger partial charge in [0.15, 0.2) is 5.78 Å². The molecule has 0 radical (unpaired) electrons. The molecule has 2 saturated heterocycles. The Hall–Kier alpha value is -3.37. The third-order valence-corrected chi connectivity index (χ3v) is 14.3.